The van der Waals surface area contributed by atoms with E-state index in [1.807, 2.05) is 60.7 Å². The summed E-state index contributed by atoms with van der Waals surface area (Å²) in [6, 6.07) is 31.7. The Morgan fingerprint density at radius 1 is 0.744 bits per heavy atom. The van der Waals surface area contributed by atoms with E-state index in [1.54, 1.807) is 36.4 Å². The minimum Gasteiger partial charge on any atom is -0.364 e. The van der Waals surface area contributed by atoms with Crippen molar-refractivity contribution in [3.8, 4) is 0 Å². The van der Waals surface area contributed by atoms with Crippen LogP contribution in [-0.4, -0.2) is 29.2 Å². The van der Waals surface area contributed by atoms with Gasteiger partial charge in [-0.25, -0.2) is 0 Å². The van der Waals surface area contributed by atoms with E-state index in [0.717, 1.165) is 11.1 Å². The van der Waals surface area contributed by atoms with Gasteiger partial charge in [-0.1, -0.05) is 91.5 Å². The molecule has 0 fully saturated rings. The summed E-state index contributed by atoms with van der Waals surface area (Å²) in [5, 5.41) is 11.3. The summed E-state index contributed by atoms with van der Waals surface area (Å²) >= 11 is 0. The van der Waals surface area contributed by atoms with Gasteiger partial charge < -0.3 is 4.74 Å². The molecule has 6 heteroatoms. The average Bonchev–Trinajstić information content (AvgIpc) is 2.97. The van der Waals surface area contributed by atoms with E-state index in [4.69, 9.17) is 4.74 Å². The summed E-state index contributed by atoms with van der Waals surface area (Å²) in [5.41, 5.74) is -0.182. The highest BCUT2D eigenvalue weighted by Crippen LogP contribution is 2.54. The number of ether oxygens (including phenoxy) is 1. The SMILES string of the molecule is C=C(c1ccc([N+](=O)[O-])cc1)C1(OC)C(=O)c2ccccc2C(=O)C1(Cc1ccccc1)Cc1ccccc1. The molecule has 194 valence electrons. The Kier molecular flexibility index (Phi) is 6.81. The third-order valence-corrected chi connectivity index (χ3v) is 7.70. The summed E-state index contributed by atoms with van der Waals surface area (Å²) in [6.45, 7) is 4.33. The molecule has 1 aliphatic carbocycles. The third kappa shape index (κ3) is 4.19. The molecule has 1 atom stereocenters. The maximum Gasteiger partial charge on any atom is 0.269 e. The second-order valence-electron chi connectivity index (χ2n) is 9.78. The average molecular weight is 518 g/mol. The first-order valence-corrected chi connectivity index (χ1v) is 12.6. The molecule has 0 heterocycles. The van der Waals surface area contributed by atoms with Crippen LogP contribution in [0, 0.1) is 15.5 Å². The predicted octanol–water partition coefficient (Wildman–Crippen LogP) is 6.54. The molecule has 0 bridgehead atoms. The van der Waals surface area contributed by atoms with Gasteiger partial charge in [0.05, 0.1) is 10.3 Å². The Labute approximate surface area is 226 Å². The maximum absolute atomic E-state index is 14.8. The number of non-ortho nitro benzene ring substituents is 1. The highest BCUT2D eigenvalue weighted by Gasteiger charge is 2.65. The zero-order valence-electron chi connectivity index (χ0n) is 21.5. The first kappa shape index (κ1) is 25.9. The second kappa shape index (κ2) is 10.2. The number of carbonyl (C=O) groups excluding carboxylic acids is 2. The van der Waals surface area contributed by atoms with Gasteiger partial charge in [-0.15, -0.1) is 0 Å². The number of ketones is 2. The summed E-state index contributed by atoms with van der Waals surface area (Å²) in [5.74, 6) is -0.578. The van der Waals surface area contributed by atoms with Crippen LogP contribution in [-0.2, 0) is 17.6 Å². The van der Waals surface area contributed by atoms with E-state index in [-0.39, 0.29) is 41.2 Å². The number of carbonyl (C=O) groups is 2. The number of fused-ring (bicyclic) bond motifs is 1. The molecule has 0 radical (unpaired) electrons. The van der Waals surface area contributed by atoms with Gasteiger partial charge in [0.1, 0.15) is 0 Å². The van der Waals surface area contributed by atoms with Crippen LogP contribution < -0.4 is 0 Å². The minimum atomic E-state index is -1.79. The van der Waals surface area contributed by atoms with Crippen molar-refractivity contribution < 1.29 is 19.2 Å². The standard InChI is InChI=1S/C33H27NO5/c1-23(26-17-19-27(20-18-26)34(37)38)33(39-2)31(36)29-16-10-9-15-28(29)30(35)32(33,21-24-11-5-3-6-12-24)22-25-13-7-4-8-14-25/h3-20H,1,21-22H2,2H3. The van der Waals surface area contributed by atoms with E-state index >= 15 is 0 Å². The minimum absolute atomic E-state index is 0.0887. The Bertz CT molecular complexity index is 1520. The fourth-order valence-corrected chi connectivity index (χ4v) is 5.89. The van der Waals surface area contributed by atoms with Crippen molar-refractivity contribution in [1.82, 2.24) is 0 Å². The number of nitrogens with zero attached hydrogens (tertiary/aromatic N) is 1. The molecule has 6 nitrogen and oxygen atoms in total. The molecule has 4 aromatic rings. The van der Waals surface area contributed by atoms with Gasteiger partial charge in [0.25, 0.3) is 5.69 Å². The smallest absolute Gasteiger partial charge is 0.269 e. The Balaban J connectivity index is 1.82. The largest absolute Gasteiger partial charge is 0.364 e. The second-order valence-corrected chi connectivity index (χ2v) is 9.78. The Morgan fingerprint density at radius 3 is 1.67 bits per heavy atom. The van der Waals surface area contributed by atoms with Gasteiger partial charge in [0.2, 0.25) is 5.78 Å². The molecule has 1 aliphatic rings. The lowest BCUT2D eigenvalue weighted by Gasteiger charge is -2.51. The van der Waals surface area contributed by atoms with Crippen LogP contribution in [0.3, 0.4) is 0 Å². The molecule has 0 aromatic heterocycles. The molecule has 0 amide bonds. The predicted molar refractivity (Wildman–Crippen MR) is 150 cm³/mol. The lowest BCUT2D eigenvalue weighted by atomic mass is 9.52. The summed E-state index contributed by atoms with van der Waals surface area (Å²) in [7, 11) is 1.43. The van der Waals surface area contributed by atoms with E-state index in [9.17, 15) is 19.7 Å². The summed E-state index contributed by atoms with van der Waals surface area (Å²) < 4.78 is 6.27. The van der Waals surface area contributed by atoms with E-state index in [0.29, 0.717) is 11.1 Å². The zero-order valence-corrected chi connectivity index (χ0v) is 21.5. The number of nitro benzene ring substituents is 1. The van der Waals surface area contributed by atoms with Crippen LogP contribution in [0.4, 0.5) is 5.69 Å². The molecule has 4 aromatic carbocycles. The number of benzene rings is 4. The van der Waals surface area contributed by atoms with Gasteiger partial charge >= 0.3 is 0 Å². The van der Waals surface area contributed by atoms with Crippen molar-refractivity contribution in [3.05, 3.63) is 154 Å². The van der Waals surface area contributed by atoms with Crippen molar-refractivity contribution in [1.29, 1.82) is 0 Å². The quantitative estimate of drug-likeness (QED) is 0.196. The fraction of sp³-hybridized carbons (Fsp3) is 0.152. The number of hydrogen-bond donors (Lipinski definition) is 0. The first-order chi connectivity index (χ1) is 18.8. The zero-order chi connectivity index (χ0) is 27.6. The van der Waals surface area contributed by atoms with E-state index in [2.05, 4.69) is 6.58 Å². The molecule has 1 unspecified atom stereocenters. The number of nitro groups is 1. The summed E-state index contributed by atoms with van der Waals surface area (Å²) in [6.07, 6.45) is 0.420. The molecule has 0 saturated heterocycles. The van der Waals surface area contributed by atoms with E-state index < -0.39 is 15.9 Å². The highest BCUT2D eigenvalue weighted by molar-refractivity contribution is 6.25. The lowest BCUT2D eigenvalue weighted by molar-refractivity contribution is -0.384. The molecule has 0 saturated carbocycles. The van der Waals surface area contributed by atoms with Crippen molar-refractivity contribution in [2.24, 2.45) is 5.41 Å². The van der Waals surface area contributed by atoms with Gasteiger partial charge in [0, 0.05) is 30.4 Å². The number of rotatable bonds is 8. The van der Waals surface area contributed by atoms with Gasteiger partial charge in [0.15, 0.2) is 11.4 Å². The fourth-order valence-electron chi connectivity index (χ4n) is 5.89. The topological polar surface area (TPSA) is 86.5 Å². The molecular weight excluding hydrogens is 490 g/mol. The van der Waals surface area contributed by atoms with Crippen LogP contribution in [0.5, 0.6) is 0 Å². The van der Waals surface area contributed by atoms with Crippen molar-refractivity contribution >= 4 is 22.8 Å². The lowest BCUT2D eigenvalue weighted by Crippen LogP contribution is -2.64. The normalized spacial score (nSPS) is 17.9. The molecule has 0 aliphatic heterocycles. The molecule has 0 N–H and O–H groups in total. The van der Waals surface area contributed by atoms with Crippen LogP contribution in [0.2, 0.25) is 0 Å². The number of Topliss-reactive ketones (excluding diaryl/α,β-unsaturated/α-hetero) is 2. The van der Waals surface area contributed by atoms with E-state index in [1.165, 1.54) is 19.2 Å². The Morgan fingerprint density at radius 2 is 1.21 bits per heavy atom. The molecular formula is C33H27NO5. The number of hydrogen-bond acceptors (Lipinski definition) is 5. The van der Waals surface area contributed by atoms with Gasteiger partial charge in [-0.2, -0.15) is 0 Å². The highest BCUT2D eigenvalue weighted by atomic mass is 16.6. The van der Waals surface area contributed by atoms with Gasteiger partial charge in [-0.05, 0) is 47.2 Å². The first-order valence-electron chi connectivity index (χ1n) is 12.6. The molecule has 5 rings (SSSR count). The monoisotopic (exact) mass is 517 g/mol. The van der Waals surface area contributed by atoms with Crippen LogP contribution in [0.15, 0.2) is 116 Å². The van der Waals surface area contributed by atoms with Crippen LogP contribution in [0.25, 0.3) is 5.57 Å². The molecule has 0 spiro atoms. The Hall–Kier alpha value is -4.68. The van der Waals surface area contributed by atoms with Crippen molar-refractivity contribution in [2.45, 2.75) is 18.4 Å². The maximum atomic E-state index is 14.8. The number of methoxy groups -OCH3 is 1. The van der Waals surface area contributed by atoms with Crippen LogP contribution in [0.1, 0.15) is 37.4 Å². The third-order valence-electron chi connectivity index (χ3n) is 7.70. The van der Waals surface area contributed by atoms with Crippen LogP contribution >= 0.6 is 0 Å². The van der Waals surface area contributed by atoms with Crippen molar-refractivity contribution in [3.63, 3.8) is 0 Å². The van der Waals surface area contributed by atoms with Gasteiger partial charge in [-0.3, -0.25) is 19.7 Å². The van der Waals surface area contributed by atoms with Crippen molar-refractivity contribution in [2.75, 3.05) is 7.11 Å². The molecule has 39 heavy (non-hydrogen) atoms. The summed E-state index contributed by atoms with van der Waals surface area (Å²) in [4.78, 5) is 40.3.